The second kappa shape index (κ2) is 17.5. The van der Waals surface area contributed by atoms with Crippen LogP contribution >= 0.6 is 0 Å². The molecule has 222 valence electrons. The van der Waals surface area contributed by atoms with Gasteiger partial charge in [0.25, 0.3) is 0 Å². The molecule has 0 spiro atoms. The summed E-state index contributed by atoms with van der Waals surface area (Å²) >= 11 is -0.660. The van der Waals surface area contributed by atoms with E-state index in [1.807, 2.05) is 0 Å². The third kappa shape index (κ3) is 9.97. The Morgan fingerprint density at radius 1 is 0.610 bits per heavy atom. The Balaban J connectivity index is 1.76. The molecule has 0 atom stereocenters. The van der Waals surface area contributed by atoms with Crippen molar-refractivity contribution in [1.82, 2.24) is 5.32 Å². The van der Waals surface area contributed by atoms with Crippen molar-refractivity contribution in [3.05, 3.63) is 108 Å². The van der Waals surface area contributed by atoms with Gasteiger partial charge in [-0.2, -0.15) is 0 Å². The fourth-order valence-corrected chi connectivity index (χ4v) is 10.5. The molecule has 0 aromatic heterocycles. The molecule has 3 aromatic carbocycles. The van der Waals surface area contributed by atoms with Gasteiger partial charge in [0.2, 0.25) is 0 Å². The molecule has 1 N–H and O–H groups in total. The number of rotatable bonds is 20. The van der Waals surface area contributed by atoms with Gasteiger partial charge in [-0.15, -0.1) is 0 Å². The van der Waals surface area contributed by atoms with Crippen LogP contribution in [0.4, 0.5) is 0 Å². The van der Waals surface area contributed by atoms with Crippen molar-refractivity contribution in [1.29, 1.82) is 0 Å². The van der Waals surface area contributed by atoms with Crippen LogP contribution in [0.25, 0.3) is 0 Å². The topological polar surface area (TPSA) is 21.3 Å². The molecular formula is C38H55NOSn. The van der Waals surface area contributed by atoms with Crippen LogP contribution in [0.2, 0.25) is 3.43 Å². The quantitative estimate of drug-likeness (QED) is 0.0740. The Morgan fingerprint density at radius 2 is 1.00 bits per heavy atom. The van der Waals surface area contributed by atoms with E-state index in [9.17, 15) is 0 Å². The number of hydrogen-bond acceptors (Lipinski definition) is 2. The van der Waals surface area contributed by atoms with Gasteiger partial charge in [-0.3, -0.25) is 0 Å². The number of ether oxygens (including phenoxy) is 1. The zero-order valence-electron chi connectivity index (χ0n) is 26.6. The van der Waals surface area contributed by atoms with E-state index >= 15 is 0 Å². The van der Waals surface area contributed by atoms with Crippen LogP contribution in [-0.4, -0.2) is 38.9 Å². The summed E-state index contributed by atoms with van der Waals surface area (Å²) in [5.74, 6) is 0. The minimum absolute atomic E-state index is 0.00191. The van der Waals surface area contributed by atoms with Crippen molar-refractivity contribution in [3.8, 4) is 0 Å². The molecule has 3 heteroatoms. The standard InChI is InChI=1S/C25H28NO.C13H27.Sn/c1-24(2,20-27-3)19-26-25(21-13-7-4-8-14-21,22-15-9-5-10-16-22)23-17-11-6-12-18-23;1-4-7-10-13(11-8-5-2)12-9-6-3;/h4-18,26H,3,19-20H2,1-2H3;4-12H2,1-3H3;. The van der Waals surface area contributed by atoms with Crippen LogP contribution in [0.5, 0.6) is 0 Å². The van der Waals surface area contributed by atoms with Gasteiger partial charge in [0.05, 0.1) is 0 Å². The molecule has 0 aliphatic heterocycles. The summed E-state index contributed by atoms with van der Waals surface area (Å²) < 4.78 is 8.27. The first kappa shape index (κ1) is 33.9. The monoisotopic (exact) mass is 661 g/mol. The zero-order valence-corrected chi connectivity index (χ0v) is 29.4. The molecule has 0 unspecified atom stereocenters. The van der Waals surface area contributed by atoms with E-state index in [-0.39, 0.29) is 5.41 Å². The van der Waals surface area contributed by atoms with Gasteiger partial charge < -0.3 is 0 Å². The van der Waals surface area contributed by atoms with E-state index in [1.54, 1.807) is 0 Å². The maximum atomic E-state index is 6.61. The molecule has 0 fully saturated rings. The molecule has 0 bridgehead atoms. The summed E-state index contributed by atoms with van der Waals surface area (Å²) in [5, 5.41) is 4.10. The van der Waals surface area contributed by atoms with Crippen molar-refractivity contribution in [3.63, 3.8) is 0 Å². The van der Waals surface area contributed by atoms with Crippen LogP contribution in [0.3, 0.4) is 0 Å². The van der Waals surface area contributed by atoms with Crippen LogP contribution < -0.4 is 5.32 Å². The van der Waals surface area contributed by atoms with Gasteiger partial charge in [0, 0.05) is 0 Å². The van der Waals surface area contributed by atoms with Crippen molar-refractivity contribution in [2.24, 2.45) is 5.41 Å². The molecular weight excluding hydrogens is 605 g/mol. The molecule has 0 aliphatic carbocycles. The van der Waals surface area contributed by atoms with E-state index in [4.69, 9.17) is 4.74 Å². The minimum atomic E-state index is -0.660. The number of nitrogens with one attached hydrogen (secondary N) is 1. The Bertz CT molecular complexity index is 965. The SMILES string of the molecule is CCCC[C](CCCC)(CCCC)[Sn][CH2]OCC(C)(C)CNC(c1ccccc1)(c1ccccc1)c1ccccc1. The van der Waals surface area contributed by atoms with Crippen LogP contribution in [0.1, 0.15) is 109 Å². The third-order valence-corrected chi connectivity index (χ3v) is 13.8. The normalized spacial score (nSPS) is 12.5. The Morgan fingerprint density at radius 3 is 1.37 bits per heavy atom. The average molecular weight is 661 g/mol. The van der Waals surface area contributed by atoms with Crippen LogP contribution in [0, 0.1) is 5.41 Å². The molecule has 3 aromatic rings. The molecule has 2 nitrogen and oxygen atoms in total. The Kier molecular flexibility index (Phi) is 14.4. The van der Waals surface area contributed by atoms with Crippen LogP contribution in [0.15, 0.2) is 91.0 Å². The fraction of sp³-hybridized carbons (Fsp3) is 0.526. The Hall–Kier alpha value is -1.62. The molecule has 0 heterocycles. The second-order valence-electron chi connectivity index (χ2n) is 12.6. The molecule has 0 saturated heterocycles. The summed E-state index contributed by atoms with van der Waals surface area (Å²) in [6.45, 7) is 13.4. The summed E-state index contributed by atoms with van der Waals surface area (Å²) in [7, 11) is 0. The third-order valence-electron chi connectivity index (χ3n) is 8.52. The van der Waals surface area contributed by atoms with Gasteiger partial charge in [0.15, 0.2) is 0 Å². The Labute approximate surface area is 262 Å². The van der Waals surface area contributed by atoms with E-state index < -0.39 is 26.7 Å². The molecule has 0 saturated carbocycles. The van der Waals surface area contributed by atoms with E-state index in [1.165, 1.54) is 74.5 Å². The second-order valence-corrected chi connectivity index (χ2v) is 17.5. The summed E-state index contributed by atoms with van der Waals surface area (Å²) in [6, 6.07) is 32.8. The fourth-order valence-electron chi connectivity index (χ4n) is 6.01. The molecule has 41 heavy (non-hydrogen) atoms. The molecule has 3 rings (SSSR count). The predicted octanol–water partition coefficient (Wildman–Crippen LogP) is 10.0. The summed E-state index contributed by atoms with van der Waals surface area (Å²) in [5.41, 5.74) is 3.34. The van der Waals surface area contributed by atoms with Crippen molar-refractivity contribution in [2.75, 3.05) is 17.8 Å². The van der Waals surface area contributed by atoms with Gasteiger partial charge in [-0.1, -0.05) is 0 Å². The van der Waals surface area contributed by atoms with Gasteiger partial charge in [0.1, 0.15) is 0 Å². The molecule has 0 amide bonds. The van der Waals surface area contributed by atoms with Gasteiger partial charge in [-0.05, 0) is 0 Å². The van der Waals surface area contributed by atoms with Gasteiger partial charge in [-0.25, -0.2) is 0 Å². The number of benzene rings is 3. The van der Waals surface area contributed by atoms with E-state index in [0.29, 0.717) is 3.43 Å². The van der Waals surface area contributed by atoms with E-state index in [0.717, 1.165) is 17.8 Å². The molecule has 0 aliphatic rings. The maximum absolute atomic E-state index is 6.61. The van der Waals surface area contributed by atoms with Crippen LogP contribution in [-0.2, 0) is 10.3 Å². The van der Waals surface area contributed by atoms with Crippen molar-refractivity contribution >= 4 is 21.1 Å². The zero-order chi connectivity index (χ0) is 29.4. The van der Waals surface area contributed by atoms with E-state index in [2.05, 4.69) is 131 Å². The summed E-state index contributed by atoms with van der Waals surface area (Å²) in [4.78, 5) is 0. The van der Waals surface area contributed by atoms with Crippen molar-refractivity contribution < 1.29 is 4.74 Å². The number of unbranched alkanes of at least 4 members (excludes halogenated alkanes) is 3. The first-order chi connectivity index (χ1) is 19.9. The average Bonchev–Trinajstić information content (AvgIpc) is 3.02. The molecule has 2 radical (unpaired) electrons. The summed E-state index contributed by atoms with van der Waals surface area (Å²) in [6.07, 6.45) is 12.4. The first-order valence-electron chi connectivity index (χ1n) is 16.2. The predicted molar refractivity (Wildman–Crippen MR) is 179 cm³/mol. The van der Waals surface area contributed by atoms with Crippen molar-refractivity contribution in [2.45, 2.75) is 101 Å². The first-order valence-corrected chi connectivity index (χ1v) is 19.6. The number of hydrogen-bond donors (Lipinski definition) is 1. The van der Waals surface area contributed by atoms with Gasteiger partial charge >= 0.3 is 263 Å².